The molecule has 0 bridgehead atoms. The first-order valence-electron chi connectivity index (χ1n) is 2.91. The molecule has 1 heterocycles. The molecule has 0 atom stereocenters. The molecular weight excluding hydrogens is 150 g/mol. The summed E-state index contributed by atoms with van der Waals surface area (Å²) in [4.78, 5) is 24.7. The molecule has 60 valence electrons. The van der Waals surface area contributed by atoms with E-state index in [9.17, 15) is 9.59 Å². The minimum absolute atomic E-state index is 0.105. The average Bonchev–Trinajstić information content (AvgIpc) is 2.26. The fourth-order valence-electron chi connectivity index (χ4n) is 0.682. The summed E-state index contributed by atoms with van der Waals surface area (Å²) in [5, 5.41) is 11.2. The largest absolute Gasteiger partial charge is 0.493 e. The van der Waals surface area contributed by atoms with Crippen molar-refractivity contribution in [2.45, 2.75) is 6.54 Å². The van der Waals surface area contributed by atoms with Gasteiger partial charge in [0.2, 0.25) is 12.3 Å². The van der Waals surface area contributed by atoms with Crippen molar-refractivity contribution in [2.24, 2.45) is 0 Å². The Kier molecular flexibility index (Phi) is 1.95. The van der Waals surface area contributed by atoms with E-state index in [1.165, 1.54) is 0 Å². The zero-order valence-electron chi connectivity index (χ0n) is 5.55. The summed E-state index contributed by atoms with van der Waals surface area (Å²) in [5.41, 5.74) is -0.229. The number of aromatic nitrogens is 2. The van der Waals surface area contributed by atoms with Crippen molar-refractivity contribution in [1.82, 2.24) is 15.3 Å². The summed E-state index contributed by atoms with van der Waals surface area (Å²) in [7, 11) is 0. The molecule has 0 spiro atoms. The predicted octanol–water partition coefficient (Wildman–Crippen LogP) is -1.35. The van der Waals surface area contributed by atoms with Gasteiger partial charge in [0.1, 0.15) is 0 Å². The molecule has 0 aliphatic heterocycles. The van der Waals surface area contributed by atoms with Gasteiger partial charge in [0, 0.05) is 0 Å². The summed E-state index contributed by atoms with van der Waals surface area (Å²) < 4.78 is 0. The Morgan fingerprint density at radius 1 is 1.55 bits per heavy atom. The molecule has 1 rings (SSSR count). The van der Waals surface area contributed by atoms with Crippen LogP contribution in [-0.2, 0) is 11.3 Å². The minimum atomic E-state index is -0.495. The van der Waals surface area contributed by atoms with Crippen LogP contribution in [0.15, 0.2) is 4.79 Å². The number of nitrogens with one attached hydrogen (secondary N) is 3. The summed E-state index contributed by atoms with van der Waals surface area (Å²) in [6, 6.07) is 0. The number of H-pyrrole nitrogens is 2. The molecule has 6 heteroatoms. The first-order valence-corrected chi connectivity index (χ1v) is 2.91. The van der Waals surface area contributed by atoms with Crippen LogP contribution in [0.5, 0.6) is 5.88 Å². The monoisotopic (exact) mass is 157 g/mol. The highest BCUT2D eigenvalue weighted by Gasteiger charge is 2.02. The third kappa shape index (κ3) is 1.60. The van der Waals surface area contributed by atoms with Crippen LogP contribution in [0.2, 0.25) is 0 Å². The smallest absolute Gasteiger partial charge is 0.326 e. The van der Waals surface area contributed by atoms with Crippen molar-refractivity contribution in [3.05, 3.63) is 16.2 Å². The lowest BCUT2D eigenvalue weighted by Gasteiger charge is -1.93. The van der Waals surface area contributed by atoms with Gasteiger partial charge < -0.3 is 15.4 Å². The Morgan fingerprint density at radius 2 is 2.27 bits per heavy atom. The lowest BCUT2D eigenvalue weighted by Crippen LogP contribution is -2.11. The molecule has 11 heavy (non-hydrogen) atoms. The average molecular weight is 157 g/mol. The second-order valence-corrected chi connectivity index (χ2v) is 1.91. The molecular formula is C5H7N3O3. The second-order valence-electron chi connectivity index (χ2n) is 1.91. The van der Waals surface area contributed by atoms with Gasteiger partial charge in [-0.15, -0.1) is 0 Å². The van der Waals surface area contributed by atoms with Gasteiger partial charge in [0.05, 0.1) is 12.2 Å². The number of carbonyl (C=O) groups excluding carboxylic acids is 1. The van der Waals surface area contributed by atoms with Gasteiger partial charge in [0.15, 0.2) is 0 Å². The molecule has 0 unspecified atom stereocenters. The summed E-state index contributed by atoms with van der Waals surface area (Å²) in [6.07, 6.45) is 0.477. The van der Waals surface area contributed by atoms with Gasteiger partial charge >= 0.3 is 5.69 Å². The molecule has 0 fully saturated rings. The molecule has 6 nitrogen and oxygen atoms in total. The fourth-order valence-corrected chi connectivity index (χ4v) is 0.682. The molecule has 4 N–H and O–H groups in total. The van der Waals surface area contributed by atoms with Crippen molar-refractivity contribution < 1.29 is 9.90 Å². The Labute approximate surface area is 61.3 Å². The van der Waals surface area contributed by atoms with E-state index >= 15 is 0 Å². The van der Waals surface area contributed by atoms with Crippen LogP contribution in [0.1, 0.15) is 5.69 Å². The maximum absolute atomic E-state index is 10.5. The van der Waals surface area contributed by atoms with Crippen LogP contribution in [-0.4, -0.2) is 21.5 Å². The van der Waals surface area contributed by atoms with Gasteiger partial charge in [-0.05, 0) is 0 Å². The summed E-state index contributed by atoms with van der Waals surface area (Å²) >= 11 is 0. The molecule has 0 radical (unpaired) electrons. The van der Waals surface area contributed by atoms with E-state index in [4.69, 9.17) is 5.11 Å². The zero-order valence-corrected chi connectivity index (χ0v) is 5.55. The van der Waals surface area contributed by atoms with Gasteiger partial charge in [-0.3, -0.25) is 9.78 Å². The molecule has 0 aliphatic rings. The number of rotatable bonds is 3. The van der Waals surface area contributed by atoms with E-state index in [0.717, 1.165) is 0 Å². The molecule has 1 aromatic rings. The SMILES string of the molecule is O=CNCc1[nH]c(=O)[nH]c1O. The molecule has 0 aromatic carbocycles. The third-order valence-corrected chi connectivity index (χ3v) is 1.14. The zero-order chi connectivity index (χ0) is 8.27. The van der Waals surface area contributed by atoms with E-state index < -0.39 is 5.69 Å². The number of hydrogen-bond donors (Lipinski definition) is 4. The summed E-state index contributed by atoms with van der Waals surface area (Å²) in [5.74, 6) is -0.246. The van der Waals surface area contributed by atoms with Gasteiger partial charge in [-0.2, -0.15) is 0 Å². The summed E-state index contributed by atoms with van der Waals surface area (Å²) in [6.45, 7) is 0.105. The lowest BCUT2D eigenvalue weighted by molar-refractivity contribution is -0.109. The van der Waals surface area contributed by atoms with E-state index in [1.807, 2.05) is 0 Å². The number of imidazole rings is 1. The van der Waals surface area contributed by atoms with E-state index in [1.54, 1.807) is 0 Å². The Hall–Kier alpha value is -1.72. The quantitative estimate of drug-likeness (QED) is 0.408. The number of hydrogen-bond acceptors (Lipinski definition) is 3. The van der Waals surface area contributed by atoms with Gasteiger partial charge in [-0.1, -0.05) is 0 Å². The molecule has 0 aliphatic carbocycles. The van der Waals surface area contributed by atoms with Crippen molar-refractivity contribution in [3.8, 4) is 5.88 Å². The van der Waals surface area contributed by atoms with Crippen LogP contribution < -0.4 is 11.0 Å². The highest BCUT2D eigenvalue weighted by molar-refractivity contribution is 5.46. The molecule has 0 saturated heterocycles. The topological polar surface area (TPSA) is 98.0 Å². The van der Waals surface area contributed by atoms with Crippen LogP contribution in [0, 0.1) is 0 Å². The van der Waals surface area contributed by atoms with E-state index in [0.29, 0.717) is 6.41 Å². The predicted molar refractivity (Wildman–Crippen MR) is 36.0 cm³/mol. The molecule has 1 amide bonds. The Balaban J connectivity index is 2.77. The molecule has 0 saturated carbocycles. The number of amides is 1. The minimum Gasteiger partial charge on any atom is -0.493 e. The maximum atomic E-state index is 10.5. The third-order valence-electron chi connectivity index (χ3n) is 1.14. The van der Waals surface area contributed by atoms with Gasteiger partial charge in [-0.25, -0.2) is 4.79 Å². The standard InChI is InChI=1S/C5H7N3O3/c9-2-6-1-3-4(10)8-5(11)7-3/h2,10H,1H2,(H,6,9)(H2,7,8,11). The van der Waals surface area contributed by atoms with Crippen molar-refractivity contribution in [2.75, 3.05) is 0 Å². The number of aromatic amines is 2. The second kappa shape index (κ2) is 2.91. The first kappa shape index (κ1) is 7.39. The normalized spacial score (nSPS) is 9.45. The van der Waals surface area contributed by atoms with Crippen molar-refractivity contribution in [3.63, 3.8) is 0 Å². The lowest BCUT2D eigenvalue weighted by atomic mass is 10.4. The van der Waals surface area contributed by atoms with Crippen molar-refractivity contribution in [1.29, 1.82) is 0 Å². The van der Waals surface area contributed by atoms with Gasteiger partial charge in [0.25, 0.3) is 0 Å². The Morgan fingerprint density at radius 3 is 2.73 bits per heavy atom. The number of carbonyl (C=O) groups is 1. The maximum Gasteiger partial charge on any atom is 0.326 e. The highest BCUT2D eigenvalue weighted by Crippen LogP contribution is 2.05. The van der Waals surface area contributed by atoms with Crippen molar-refractivity contribution >= 4 is 6.41 Å². The van der Waals surface area contributed by atoms with E-state index in [2.05, 4.69) is 15.3 Å². The molecule has 1 aromatic heterocycles. The van der Waals surface area contributed by atoms with Crippen LogP contribution in [0.4, 0.5) is 0 Å². The highest BCUT2D eigenvalue weighted by atomic mass is 16.3. The fraction of sp³-hybridized carbons (Fsp3) is 0.200. The Bertz CT molecular complexity index is 300. The van der Waals surface area contributed by atoms with Crippen LogP contribution in [0.3, 0.4) is 0 Å². The van der Waals surface area contributed by atoms with E-state index in [-0.39, 0.29) is 18.1 Å². The van der Waals surface area contributed by atoms with Crippen LogP contribution in [0.25, 0.3) is 0 Å². The number of aromatic hydroxyl groups is 1. The first-order chi connectivity index (χ1) is 5.24. The van der Waals surface area contributed by atoms with Crippen LogP contribution >= 0.6 is 0 Å².